The summed E-state index contributed by atoms with van der Waals surface area (Å²) in [7, 11) is 0. The molecule has 0 unspecified atom stereocenters. The van der Waals surface area contributed by atoms with Gasteiger partial charge in [-0.2, -0.15) is 5.10 Å². The molecule has 2 aliphatic heterocycles. The molecule has 0 bridgehead atoms. The fourth-order valence-electron chi connectivity index (χ4n) is 3.83. The van der Waals surface area contributed by atoms with Crippen LogP contribution in [0.2, 0.25) is 0 Å². The van der Waals surface area contributed by atoms with E-state index in [1.807, 2.05) is 48.5 Å². The first-order valence-corrected chi connectivity index (χ1v) is 10.3. The lowest BCUT2D eigenvalue weighted by Gasteiger charge is -2.37. The molecule has 1 fully saturated rings. The Morgan fingerprint density at radius 3 is 2.35 bits per heavy atom. The van der Waals surface area contributed by atoms with Crippen LogP contribution in [0.4, 0.5) is 0 Å². The molecule has 0 spiro atoms. The van der Waals surface area contributed by atoms with Crippen molar-refractivity contribution in [2.75, 3.05) is 32.8 Å². The SMILES string of the molecule is O=C(c1cc(-c2ccccc2)n[nH]1)N1CCN(C(=O)[C@@H]2COc3ccccc3O2)CC1. The van der Waals surface area contributed by atoms with Crippen molar-refractivity contribution >= 4 is 11.8 Å². The van der Waals surface area contributed by atoms with Gasteiger partial charge in [0.05, 0.1) is 5.69 Å². The maximum absolute atomic E-state index is 12.9. The number of nitrogens with zero attached hydrogens (tertiary/aromatic N) is 3. The first-order valence-electron chi connectivity index (χ1n) is 10.3. The Labute approximate surface area is 179 Å². The Bertz CT molecular complexity index is 1090. The van der Waals surface area contributed by atoms with Gasteiger partial charge < -0.3 is 19.3 Å². The lowest BCUT2D eigenvalue weighted by atomic mass is 10.1. The summed E-state index contributed by atoms with van der Waals surface area (Å²) in [6.07, 6.45) is -0.668. The smallest absolute Gasteiger partial charge is 0.272 e. The highest BCUT2D eigenvalue weighted by Crippen LogP contribution is 2.31. The lowest BCUT2D eigenvalue weighted by Crippen LogP contribution is -2.55. The van der Waals surface area contributed by atoms with E-state index < -0.39 is 6.10 Å². The molecular formula is C23H22N4O4. The second kappa shape index (κ2) is 8.14. The summed E-state index contributed by atoms with van der Waals surface area (Å²) in [4.78, 5) is 29.2. The van der Waals surface area contributed by atoms with E-state index in [9.17, 15) is 9.59 Å². The zero-order valence-electron chi connectivity index (χ0n) is 16.9. The van der Waals surface area contributed by atoms with Gasteiger partial charge in [-0.1, -0.05) is 42.5 Å². The van der Waals surface area contributed by atoms with Gasteiger partial charge in [0.15, 0.2) is 11.5 Å². The van der Waals surface area contributed by atoms with Gasteiger partial charge in [-0.15, -0.1) is 0 Å². The molecule has 1 aromatic heterocycles. The van der Waals surface area contributed by atoms with Crippen LogP contribution < -0.4 is 9.47 Å². The number of amides is 2. The number of H-pyrrole nitrogens is 1. The molecule has 2 aromatic carbocycles. The van der Waals surface area contributed by atoms with Crippen molar-refractivity contribution in [3.63, 3.8) is 0 Å². The molecule has 3 heterocycles. The van der Waals surface area contributed by atoms with Crippen LogP contribution in [0.5, 0.6) is 11.5 Å². The van der Waals surface area contributed by atoms with E-state index in [0.29, 0.717) is 43.4 Å². The topological polar surface area (TPSA) is 87.8 Å². The fraction of sp³-hybridized carbons (Fsp3) is 0.261. The van der Waals surface area contributed by atoms with Crippen molar-refractivity contribution in [2.24, 2.45) is 0 Å². The summed E-state index contributed by atoms with van der Waals surface area (Å²) in [5, 5.41) is 7.10. The van der Waals surface area contributed by atoms with E-state index in [0.717, 1.165) is 11.3 Å². The zero-order valence-corrected chi connectivity index (χ0v) is 16.9. The number of fused-ring (bicyclic) bond motifs is 1. The van der Waals surface area contributed by atoms with Crippen LogP contribution in [-0.2, 0) is 4.79 Å². The molecule has 2 aliphatic rings. The molecular weight excluding hydrogens is 396 g/mol. The highest BCUT2D eigenvalue weighted by Gasteiger charge is 2.33. The van der Waals surface area contributed by atoms with Gasteiger partial charge in [0.25, 0.3) is 11.8 Å². The van der Waals surface area contributed by atoms with Crippen molar-refractivity contribution in [1.29, 1.82) is 0 Å². The van der Waals surface area contributed by atoms with E-state index in [2.05, 4.69) is 10.2 Å². The van der Waals surface area contributed by atoms with Crippen LogP contribution in [0.1, 0.15) is 10.5 Å². The summed E-state index contributed by atoms with van der Waals surface area (Å²) in [5.74, 6) is 0.994. The average Bonchev–Trinajstić information content (AvgIpc) is 3.34. The van der Waals surface area contributed by atoms with Gasteiger partial charge in [0.2, 0.25) is 6.10 Å². The number of benzene rings is 2. The number of aromatic amines is 1. The third-order valence-electron chi connectivity index (χ3n) is 5.54. The Balaban J connectivity index is 1.18. The minimum Gasteiger partial charge on any atom is -0.485 e. The molecule has 1 atom stereocenters. The number of hydrogen-bond donors (Lipinski definition) is 1. The summed E-state index contributed by atoms with van der Waals surface area (Å²) >= 11 is 0. The molecule has 8 heteroatoms. The summed E-state index contributed by atoms with van der Waals surface area (Å²) in [5.41, 5.74) is 2.12. The third kappa shape index (κ3) is 3.84. The first kappa shape index (κ1) is 19.2. The zero-order chi connectivity index (χ0) is 21.2. The van der Waals surface area contributed by atoms with Crippen molar-refractivity contribution in [3.05, 3.63) is 66.4 Å². The van der Waals surface area contributed by atoms with Crippen molar-refractivity contribution in [2.45, 2.75) is 6.10 Å². The van der Waals surface area contributed by atoms with Crippen molar-refractivity contribution < 1.29 is 19.1 Å². The summed E-state index contributed by atoms with van der Waals surface area (Å²) < 4.78 is 11.5. The number of carbonyl (C=O) groups excluding carboxylic acids is 2. The lowest BCUT2D eigenvalue weighted by molar-refractivity contribution is -0.142. The molecule has 2 amide bonds. The van der Waals surface area contributed by atoms with Crippen molar-refractivity contribution in [1.82, 2.24) is 20.0 Å². The van der Waals surface area contributed by atoms with E-state index in [4.69, 9.17) is 9.47 Å². The normalized spacial score (nSPS) is 18.0. The number of ether oxygens (including phenoxy) is 2. The van der Waals surface area contributed by atoms with E-state index >= 15 is 0 Å². The molecule has 3 aromatic rings. The maximum atomic E-state index is 12.9. The summed E-state index contributed by atoms with van der Waals surface area (Å²) in [6.45, 7) is 1.99. The highest BCUT2D eigenvalue weighted by molar-refractivity contribution is 5.93. The van der Waals surface area contributed by atoms with Gasteiger partial charge in [-0.3, -0.25) is 14.7 Å². The second-order valence-electron chi connectivity index (χ2n) is 7.51. The maximum Gasteiger partial charge on any atom is 0.272 e. The monoisotopic (exact) mass is 418 g/mol. The Morgan fingerprint density at radius 2 is 1.58 bits per heavy atom. The number of hydrogen-bond acceptors (Lipinski definition) is 5. The molecule has 1 N–H and O–H groups in total. The molecule has 31 heavy (non-hydrogen) atoms. The van der Waals surface area contributed by atoms with E-state index in [-0.39, 0.29) is 18.4 Å². The number of aromatic nitrogens is 2. The number of carbonyl (C=O) groups is 2. The Morgan fingerprint density at radius 1 is 0.903 bits per heavy atom. The van der Waals surface area contributed by atoms with Gasteiger partial charge >= 0.3 is 0 Å². The Kier molecular flexibility index (Phi) is 5.03. The number of para-hydroxylation sites is 2. The van der Waals surface area contributed by atoms with Crippen LogP contribution in [0.25, 0.3) is 11.3 Å². The molecule has 1 saturated heterocycles. The average molecular weight is 418 g/mol. The summed E-state index contributed by atoms with van der Waals surface area (Å²) in [6, 6.07) is 18.8. The predicted molar refractivity (Wildman–Crippen MR) is 113 cm³/mol. The quantitative estimate of drug-likeness (QED) is 0.705. The van der Waals surface area contributed by atoms with Crippen LogP contribution in [0, 0.1) is 0 Å². The van der Waals surface area contributed by atoms with Crippen LogP contribution in [0.3, 0.4) is 0 Å². The predicted octanol–water partition coefficient (Wildman–Crippen LogP) is 2.20. The largest absolute Gasteiger partial charge is 0.485 e. The molecule has 5 rings (SSSR count). The van der Waals surface area contributed by atoms with Gasteiger partial charge in [-0.25, -0.2) is 0 Å². The molecule has 0 aliphatic carbocycles. The van der Waals surface area contributed by atoms with Gasteiger partial charge in [0, 0.05) is 31.7 Å². The number of piperazine rings is 1. The van der Waals surface area contributed by atoms with E-state index in [1.54, 1.807) is 21.9 Å². The highest BCUT2D eigenvalue weighted by atomic mass is 16.6. The number of rotatable bonds is 3. The Hall–Kier alpha value is -3.81. The minimum absolute atomic E-state index is 0.116. The number of nitrogens with one attached hydrogen (secondary N) is 1. The molecule has 0 radical (unpaired) electrons. The van der Waals surface area contributed by atoms with Crippen molar-refractivity contribution in [3.8, 4) is 22.8 Å². The molecule has 158 valence electrons. The van der Waals surface area contributed by atoms with Crippen LogP contribution >= 0.6 is 0 Å². The fourth-order valence-corrected chi connectivity index (χ4v) is 3.83. The van der Waals surface area contributed by atoms with E-state index in [1.165, 1.54) is 0 Å². The first-order chi connectivity index (χ1) is 15.2. The second-order valence-corrected chi connectivity index (χ2v) is 7.51. The van der Waals surface area contributed by atoms with Crippen LogP contribution in [0.15, 0.2) is 60.7 Å². The van der Waals surface area contributed by atoms with Gasteiger partial charge in [0.1, 0.15) is 12.3 Å². The third-order valence-corrected chi connectivity index (χ3v) is 5.54. The van der Waals surface area contributed by atoms with Gasteiger partial charge in [-0.05, 0) is 18.2 Å². The molecule has 0 saturated carbocycles. The standard InChI is InChI=1S/C23H22N4O4/c28-22(18-14-17(24-25-18)16-6-2-1-3-7-16)26-10-12-27(13-11-26)23(29)21-15-30-19-8-4-5-9-20(19)31-21/h1-9,14,21H,10-13,15H2,(H,24,25)/t21-/m0/s1. The molecule has 8 nitrogen and oxygen atoms in total. The van der Waals surface area contributed by atoms with Crippen LogP contribution in [-0.4, -0.2) is 70.7 Å². The minimum atomic E-state index is -0.668.